The minimum atomic E-state index is -0.951. The molecule has 0 aliphatic carbocycles. The molecule has 0 saturated heterocycles. The van der Waals surface area contributed by atoms with Gasteiger partial charge < -0.3 is 10.0 Å². The SMILES string of the molecule is CCCN1C(=O)Cc2ccccc2C(C(=O)O)C1c1ccccc1Cl. The molecule has 3 rings (SSSR count). The van der Waals surface area contributed by atoms with Crippen LogP contribution < -0.4 is 0 Å². The van der Waals surface area contributed by atoms with Gasteiger partial charge in [0.25, 0.3) is 0 Å². The van der Waals surface area contributed by atoms with E-state index in [1.54, 1.807) is 23.1 Å². The van der Waals surface area contributed by atoms with Gasteiger partial charge in [-0.1, -0.05) is 61.0 Å². The number of benzene rings is 2. The topological polar surface area (TPSA) is 57.6 Å². The maximum Gasteiger partial charge on any atom is 0.313 e. The lowest BCUT2D eigenvalue weighted by atomic mass is 9.84. The summed E-state index contributed by atoms with van der Waals surface area (Å²) in [5.41, 5.74) is 2.14. The van der Waals surface area contributed by atoms with Crippen LogP contribution in [0.4, 0.5) is 0 Å². The van der Waals surface area contributed by atoms with Crippen LogP contribution in [0.2, 0.25) is 5.02 Å². The maximum absolute atomic E-state index is 12.9. The number of carboxylic acid groups (broad SMARTS) is 1. The van der Waals surface area contributed by atoms with Crippen LogP contribution >= 0.6 is 11.6 Å². The summed E-state index contributed by atoms with van der Waals surface area (Å²) in [5, 5.41) is 10.5. The van der Waals surface area contributed by atoms with E-state index in [9.17, 15) is 14.7 Å². The first-order chi connectivity index (χ1) is 12.0. The second-order valence-corrected chi connectivity index (χ2v) is 6.65. The van der Waals surface area contributed by atoms with Crippen molar-refractivity contribution < 1.29 is 14.7 Å². The predicted octanol–water partition coefficient (Wildman–Crippen LogP) is 4.04. The normalized spacial score (nSPS) is 20.1. The van der Waals surface area contributed by atoms with Crippen LogP contribution in [0, 0.1) is 0 Å². The van der Waals surface area contributed by atoms with Crippen molar-refractivity contribution >= 4 is 23.5 Å². The number of aliphatic carboxylic acids is 1. The standard InChI is InChI=1S/C20H20ClNO3/c1-2-11-22-17(23)12-13-7-3-4-8-14(13)18(20(24)25)19(22)15-9-5-6-10-16(15)21/h3-10,18-19H,2,11-12H2,1H3,(H,24,25). The Balaban J connectivity index is 2.25. The second kappa shape index (κ2) is 7.28. The fraction of sp³-hybridized carbons (Fsp3) is 0.300. The average molecular weight is 358 g/mol. The summed E-state index contributed by atoms with van der Waals surface area (Å²) in [4.78, 5) is 26.8. The number of carbonyl (C=O) groups excluding carboxylic acids is 1. The van der Waals surface area contributed by atoms with Crippen LogP contribution in [-0.4, -0.2) is 28.4 Å². The number of amides is 1. The fourth-order valence-electron chi connectivity index (χ4n) is 3.60. The molecule has 2 aromatic rings. The Bertz CT molecular complexity index is 805. The highest BCUT2D eigenvalue weighted by Gasteiger charge is 2.41. The molecule has 4 nitrogen and oxygen atoms in total. The smallest absolute Gasteiger partial charge is 0.313 e. The molecule has 2 aromatic carbocycles. The number of fused-ring (bicyclic) bond motifs is 1. The lowest BCUT2D eigenvalue weighted by Gasteiger charge is -2.34. The molecule has 2 atom stereocenters. The van der Waals surface area contributed by atoms with E-state index in [0.29, 0.717) is 22.7 Å². The molecule has 1 aliphatic rings. The third-order valence-electron chi connectivity index (χ3n) is 4.66. The Morgan fingerprint density at radius 2 is 1.80 bits per heavy atom. The van der Waals surface area contributed by atoms with Crippen molar-refractivity contribution in [3.05, 3.63) is 70.2 Å². The molecule has 1 aliphatic heterocycles. The van der Waals surface area contributed by atoms with Crippen molar-refractivity contribution in [1.29, 1.82) is 0 Å². The Kier molecular flexibility index (Phi) is 5.09. The van der Waals surface area contributed by atoms with E-state index in [-0.39, 0.29) is 12.3 Å². The van der Waals surface area contributed by atoms with E-state index < -0.39 is 17.9 Å². The average Bonchev–Trinajstić information content (AvgIpc) is 2.70. The van der Waals surface area contributed by atoms with Crippen molar-refractivity contribution in [2.24, 2.45) is 0 Å². The lowest BCUT2D eigenvalue weighted by Crippen LogP contribution is -2.39. The van der Waals surface area contributed by atoms with E-state index in [4.69, 9.17) is 11.6 Å². The lowest BCUT2D eigenvalue weighted by molar-refractivity contribution is -0.142. The molecular formula is C20H20ClNO3. The van der Waals surface area contributed by atoms with Crippen LogP contribution in [0.25, 0.3) is 0 Å². The van der Waals surface area contributed by atoms with Gasteiger partial charge >= 0.3 is 5.97 Å². The van der Waals surface area contributed by atoms with Crippen LogP contribution in [-0.2, 0) is 16.0 Å². The summed E-state index contributed by atoms with van der Waals surface area (Å²) < 4.78 is 0. The summed E-state index contributed by atoms with van der Waals surface area (Å²) in [6.07, 6.45) is 0.955. The van der Waals surface area contributed by atoms with Crippen molar-refractivity contribution in [2.75, 3.05) is 6.54 Å². The van der Waals surface area contributed by atoms with Gasteiger partial charge in [-0.05, 0) is 29.2 Å². The van der Waals surface area contributed by atoms with Gasteiger partial charge in [-0.2, -0.15) is 0 Å². The Morgan fingerprint density at radius 3 is 2.44 bits per heavy atom. The molecule has 5 heteroatoms. The Labute approximate surface area is 152 Å². The number of hydrogen-bond donors (Lipinski definition) is 1. The van der Waals surface area contributed by atoms with Gasteiger partial charge in [-0.15, -0.1) is 0 Å². The van der Waals surface area contributed by atoms with Crippen molar-refractivity contribution in [3.8, 4) is 0 Å². The van der Waals surface area contributed by atoms with Gasteiger partial charge in [0, 0.05) is 11.6 Å². The number of hydrogen-bond acceptors (Lipinski definition) is 2. The van der Waals surface area contributed by atoms with Gasteiger partial charge in [0.15, 0.2) is 0 Å². The van der Waals surface area contributed by atoms with Gasteiger partial charge in [-0.3, -0.25) is 9.59 Å². The minimum Gasteiger partial charge on any atom is -0.481 e. The highest BCUT2D eigenvalue weighted by Crippen LogP contribution is 2.42. The van der Waals surface area contributed by atoms with Crippen molar-refractivity contribution in [2.45, 2.75) is 31.7 Å². The molecule has 2 unspecified atom stereocenters. The van der Waals surface area contributed by atoms with E-state index in [1.165, 1.54) is 0 Å². The van der Waals surface area contributed by atoms with Crippen LogP contribution in [0.5, 0.6) is 0 Å². The molecule has 0 fully saturated rings. The molecule has 130 valence electrons. The summed E-state index contributed by atoms with van der Waals surface area (Å²) in [6.45, 7) is 2.47. The molecule has 1 amide bonds. The molecule has 0 radical (unpaired) electrons. The van der Waals surface area contributed by atoms with Crippen LogP contribution in [0.15, 0.2) is 48.5 Å². The monoisotopic (exact) mass is 357 g/mol. The molecule has 1 heterocycles. The van der Waals surface area contributed by atoms with Gasteiger partial charge in [0.1, 0.15) is 5.92 Å². The molecule has 0 bridgehead atoms. The molecule has 0 spiro atoms. The Hall–Kier alpha value is -2.33. The zero-order chi connectivity index (χ0) is 18.0. The summed E-state index contributed by atoms with van der Waals surface area (Å²) in [6, 6.07) is 13.9. The van der Waals surface area contributed by atoms with Crippen molar-refractivity contribution in [3.63, 3.8) is 0 Å². The van der Waals surface area contributed by atoms with E-state index in [0.717, 1.165) is 12.0 Å². The van der Waals surface area contributed by atoms with E-state index >= 15 is 0 Å². The van der Waals surface area contributed by atoms with Crippen LogP contribution in [0.1, 0.15) is 42.0 Å². The second-order valence-electron chi connectivity index (χ2n) is 6.24. The first kappa shape index (κ1) is 17.5. The maximum atomic E-state index is 12.9. The molecule has 0 aromatic heterocycles. The van der Waals surface area contributed by atoms with Crippen molar-refractivity contribution in [1.82, 2.24) is 4.90 Å². The predicted molar refractivity (Wildman–Crippen MR) is 96.7 cm³/mol. The number of halogens is 1. The minimum absolute atomic E-state index is 0.0667. The zero-order valence-electron chi connectivity index (χ0n) is 14.0. The summed E-state index contributed by atoms with van der Waals surface area (Å²) >= 11 is 6.39. The van der Waals surface area contributed by atoms with E-state index in [2.05, 4.69) is 0 Å². The fourth-order valence-corrected chi connectivity index (χ4v) is 3.85. The highest BCUT2D eigenvalue weighted by atomic mass is 35.5. The Morgan fingerprint density at radius 1 is 1.16 bits per heavy atom. The summed E-state index contributed by atoms with van der Waals surface area (Å²) in [5.74, 6) is -1.87. The number of carbonyl (C=O) groups is 2. The van der Waals surface area contributed by atoms with Crippen LogP contribution in [0.3, 0.4) is 0 Å². The number of nitrogens with zero attached hydrogens (tertiary/aromatic N) is 1. The first-order valence-corrected chi connectivity index (χ1v) is 8.77. The third-order valence-corrected chi connectivity index (χ3v) is 5.00. The third kappa shape index (κ3) is 3.27. The van der Waals surface area contributed by atoms with Gasteiger partial charge in [0.2, 0.25) is 5.91 Å². The number of rotatable bonds is 4. The highest BCUT2D eigenvalue weighted by molar-refractivity contribution is 6.31. The first-order valence-electron chi connectivity index (χ1n) is 8.39. The van der Waals surface area contributed by atoms with Gasteiger partial charge in [-0.25, -0.2) is 0 Å². The quantitative estimate of drug-likeness (QED) is 0.898. The molecule has 25 heavy (non-hydrogen) atoms. The van der Waals surface area contributed by atoms with Gasteiger partial charge in [0.05, 0.1) is 12.5 Å². The van der Waals surface area contributed by atoms with E-state index in [1.807, 2.05) is 37.3 Å². The molecule has 1 N–H and O–H groups in total. The zero-order valence-corrected chi connectivity index (χ0v) is 14.7. The largest absolute Gasteiger partial charge is 0.481 e. The summed E-state index contributed by atoms with van der Waals surface area (Å²) in [7, 11) is 0. The molecular weight excluding hydrogens is 338 g/mol. The molecule has 0 saturated carbocycles. The number of carboxylic acids is 1.